The first-order chi connectivity index (χ1) is 10.7. The Bertz CT molecular complexity index is 669. The molecule has 0 N–H and O–H groups in total. The van der Waals surface area contributed by atoms with Crippen LogP contribution in [-0.4, -0.2) is 13.1 Å². The smallest absolute Gasteiger partial charge is 0.338 e. The van der Waals surface area contributed by atoms with E-state index in [0.717, 1.165) is 16.9 Å². The summed E-state index contributed by atoms with van der Waals surface area (Å²) in [4.78, 5) is 22.7. The molecule has 5 heteroatoms. The molecule has 1 atom stereocenters. The molecule has 5 nitrogen and oxygen atoms in total. The Kier molecular flexibility index (Phi) is 5.25. The largest absolute Gasteiger partial charge is 0.489 e. The molecule has 2 aromatic rings. The maximum absolute atomic E-state index is 11.7. The molecule has 0 aliphatic carbocycles. The van der Waals surface area contributed by atoms with Gasteiger partial charge >= 0.3 is 5.97 Å². The summed E-state index contributed by atoms with van der Waals surface area (Å²) in [6.45, 7) is 2.19. The molecule has 0 fully saturated rings. The Morgan fingerprint density at radius 2 is 1.82 bits per heavy atom. The first-order valence-corrected chi connectivity index (χ1v) is 6.84. The third-order valence-electron chi connectivity index (χ3n) is 3.36. The van der Waals surface area contributed by atoms with Gasteiger partial charge in [-0.15, -0.1) is 4.91 Å². The van der Waals surface area contributed by atoms with E-state index in [0.29, 0.717) is 5.56 Å². The predicted octanol–water partition coefficient (Wildman–Crippen LogP) is 3.55. The third kappa shape index (κ3) is 3.49. The van der Waals surface area contributed by atoms with E-state index in [2.05, 4.69) is 9.91 Å². The highest BCUT2D eigenvalue weighted by Gasteiger charge is 2.24. The van der Waals surface area contributed by atoms with E-state index in [-0.39, 0.29) is 6.61 Å². The molecular weight excluding hydrogens is 282 g/mol. The summed E-state index contributed by atoms with van der Waals surface area (Å²) in [5.41, 5.74) is 2.23. The SMILES string of the molecule is COC(=O)C(N=O)c1ccccc1COc1ccccc1C. The average molecular weight is 299 g/mol. The molecule has 0 saturated heterocycles. The average Bonchev–Trinajstić information content (AvgIpc) is 2.55. The number of rotatable bonds is 6. The van der Waals surface area contributed by atoms with E-state index in [1.807, 2.05) is 37.3 Å². The first-order valence-electron chi connectivity index (χ1n) is 6.84. The molecule has 0 aromatic heterocycles. The van der Waals surface area contributed by atoms with Crippen LogP contribution >= 0.6 is 0 Å². The van der Waals surface area contributed by atoms with Crippen LogP contribution in [0.25, 0.3) is 0 Å². The zero-order valence-electron chi connectivity index (χ0n) is 12.5. The van der Waals surface area contributed by atoms with Crippen molar-refractivity contribution >= 4 is 5.97 Å². The second kappa shape index (κ2) is 7.36. The molecule has 0 aliphatic rings. The quantitative estimate of drug-likeness (QED) is 0.604. The second-order valence-electron chi connectivity index (χ2n) is 4.78. The zero-order valence-corrected chi connectivity index (χ0v) is 12.5. The molecule has 2 aromatic carbocycles. The van der Waals surface area contributed by atoms with Gasteiger partial charge in [0.2, 0.25) is 6.04 Å². The standard InChI is InChI=1S/C17H17NO4/c1-12-7-3-6-10-15(12)22-11-13-8-4-5-9-14(13)16(18-20)17(19)21-2/h3-10,16H,11H2,1-2H3. The summed E-state index contributed by atoms with van der Waals surface area (Å²) in [6.07, 6.45) is 0. The van der Waals surface area contributed by atoms with Crippen molar-refractivity contribution < 1.29 is 14.3 Å². The maximum Gasteiger partial charge on any atom is 0.338 e. The topological polar surface area (TPSA) is 65.0 Å². The minimum atomic E-state index is -1.18. The highest BCUT2D eigenvalue weighted by atomic mass is 16.5. The number of carbonyl (C=O) groups is 1. The molecule has 1 unspecified atom stereocenters. The van der Waals surface area contributed by atoms with Crippen LogP contribution in [0, 0.1) is 11.8 Å². The number of para-hydroxylation sites is 1. The van der Waals surface area contributed by atoms with E-state index in [9.17, 15) is 9.70 Å². The summed E-state index contributed by atoms with van der Waals surface area (Å²) in [6, 6.07) is 13.5. The molecule has 0 spiro atoms. The number of carbonyl (C=O) groups excluding carboxylic acids is 1. The Morgan fingerprint density at radius 3 is 2.50 bits per heavy atom. The number of esters is 1. The number of aryl methyl sites for hydroxylation is 1. The van der Waals surface area contributed by atoms with Gasteiger partial charge < -0.3 is 9.47 Å². The number of benzene rings is 2. The fraction of sp³-hybridized carbons (Fsp3) is 0.235. The first kappa shape index (κ1) is 15.7. The summed E-state index contributed by atoms with van der Waals surface area (Å²) < 4.78 is 10.4. The predicted molar refractivity (Wildman–Crippen MR) is 82.5 cm³/mol. The highest BCUT2D eigenvalue weighted by molar-refractivity contribution is 5.78. The number of hydrogen-bond donors (Lipinski definition) is 0. The molecule has 0 saturated carbocycles. The van der Waals surface area contributed by atoms with Crippen LogP contribution in [0.4, 0.5) is 0 Å². The molecule has 22 heavy (non-hydrogen) atoms. The molecule has 0 radical (unpaired) electrons. The summed E-state index contributed by atoms with van der Waals surface area (Å²) in [7, 11) is 1.23. The van der Waals surface area contributed by atoms with Gasteiger partial charge in [-0.2, -0.15) is 0 Å². The van der Waals surface area contributed by atoms with Gasteiger partial charge in [0.05, 0.1) is 7.11 Å². The highest BCUT2D eigenvalue weighted by Crippen LogP contribution is 2.25. The van der Waals surface area contributed by atoms with E-state index < -0.39 is 12.0 Å². The molecule has 2 rings (SSSR count). The van der Waals surface area contributed by atoms with Crippen molar-refractivity contribution in [1.29, 1.82) is 0 Å². The number of nitrogens with zero attached hydrogens (tertiary/aromatic N) is 1. The van der Waals surface area contributed by atoms with Crippen molar-refractivity contribution in [3.8, 4) is 5.75 Å². The van der Waals surface area contributed by atoms with Gasteiger partial charge in [-0.1, -0.05) is 42.5 Å². The Hall–Kier alpha value is -2.69. The van der Waals surface area contributed by atoms with Gasteiger partial charge in [-0.05, 0) is 34.9 Å². The van der Waals surface area contributed by atoms with Crippen LogP contribution < -0.4 is 4.74 Å². The fourth-order valence-electron chi connectivity index (χ4n) is 2.14. The van der Waals surface area contributed by atoms with E-state index >= 15 is 0 Å². The molecule has 0 amide bonds. The molecule has 0 heterocycles. The van der Waals surface area contributed by atoms with Crippen LogP contribution in [0.1, 0.15) is 22.7 Å². The minimum Gasteiger partial charge on any atom is -0.489 e. The number of ether oxygens (including phenoxy) is 2. The Labute approximate surface area is 128 Å². The van der Waals surface area contributed by atoms with Crippen molar-refractivity contribution in [3.63, 3.8) is 0 Å². The lowest BCUT2D eigenvalue weighted by Gasteiger charge is -2.14. The van der Waals surface area contributed by atoms with Crippen molar-refractivity contribution in [2.24, 2.45) is 5.18 Å². The maximum atomic E-state index is 11.7. The monoisotopic (exact) mass is 299 g/mol. The number of hydrogen-bond acceptors (Lipinski definition) is 5. The van der Waals surface area contributed by atoms with E-state index in [1.54, 1.807) is 18.2 Å². The van der Waals surface area contributed by atoms with Crippen LogP contribution in [0.15, 0.2) is 53.7 Å². The van der Waals surface area contributed by atoms with E-state index in [1.165, 1.54) is 7.11 Å². The Morgan fingerprint density at radius 1 is 1.14 bits per heavy atom. The van der Waals surface area contributed by atoms with Gasteiger partial charge in [0.1, 0.15) is 12.4 Å². The van der Waals surface area contributed by atoms with Crippen molar-refractivity contribution in [2.75, 3.05) is 7.11 Å². The van der Waals surface area contributed by atoms with Crippen LogP contribution in [0.3, 0.4) is 0 Å². The lowest BCUT2D eigenvalue weighted by molar-refractivity contribution is -0.142. The number of nitroso groups, excluding NO2 is 1. The lowest BCUT2D eigenvalue weighted by atomic mass is 10.0. The van der Waals surface area contributed by atoms with Crippen LogP contribution in [-0.2, 0) is 16.1 Å². The van der Waals surface area contributed by atoms with Crippen molar-refractivity contribution in [1.82, 2.24) is 0 Å². The third-order valence-corrected chi connectivity index (χ3v) is 3.36. The molecule has 0 bridgehead atoms. The zero-order chi connectivity index (χ0) is 15.9. The summed E-state index contributed by atoms with van der Waals surface area (Å²) in [5.74, 6) is 0.0734. The van der Waals surface area contributed by atoms with Gasteiger partial charge in [0.15, 0.2) is 0 Å². The van der Waals surface area contributed by atoms with Gasteiger partial charge in [0, 0.05) is 0 Å². The van der Waals surface area contributed by atoms with Gasteiger partial charge in [-0.3, -0.25) is 0 Å². The minimum absolute atomic E-state index is 0.240. The van der Waals surface area contributed by atoms with Crippen molar-refractivity contribution in [3.05, 3.63) is 70.1 Å². The lowest BCUT2D eigenvalue weighted by Crippen LogP contribution is -2.14. The van der Waals surface area contributed by atoms with Crippen molar-refractivity contribution in [2.45, 2.75) is 19.6 Å². The van der Waals surface area contributed by atoms with Gasteiger partial charge in [0.25, 0.3) is 0 Å². The Balaban J connectivity index is 2.23. The summed E-state index contributed by atoms with van der Waals surface area (Å²) >= 11 is 0. The fourth-order valence-corrected chi connectivity index (χ4v) is 2.14. The van der Waals surface area contributed by atoms with Crippen LogP contribution in [0.5, 0.6) is 5.75 Å². The van der Waals surface area contributed by atoms with Crippen LogP contribution in [0.2, 0.25) is 0 Å². The molecular formula is C17H17NO4. The molecule has 0 aliphatic heterocycles. The van der Waals surface area contributed by atoms with Gasteiger partial charge in [-0.25, -0.2) is 4.79 Å². The summed E-state index contributed by atoms with van der Waals surface area (Å²) in [5, 5.41) is 2.88. The number of methoxy groups -OCH3 is 1. The van der Waals surface area contributed by atoms with E-state index in [4.69, 9.17) is 4.74 Å². The molecule has 114 valence electrons. The normalized spacial score (nSPS) is 11.5. The second-order valence-corrected chi connectivity index (χ2v) is 4.78.